The molecule has 98 valence electrons. The Morgan fingerprint density at radius 3 is 2.53 bits per heavy atom. The van der Waals surface area contributed by atoms with Gasteiger partial charge in [-0.15, -0.1) is 0 Å². The van der Waals surface area contributed by atoms with Crippen LogP contribution >= 0.6 is 31.9 Å². The predicted molar refractivity (Wildman–Crippen MR) is 81.5 cm³/mol. The number of pyridine rings is 1. The van der Waals surface area contributed by atoms with Crippen LogP contribution in [-0.4, -0.2) is 10.4 Å². The number of aryl methyl sites for hydroxylation is 1. The van der Waals surface area contributed by atoms with Crippen LogP contribution in [0.1, 0.15) is 16.8 Å². The number of benzene rings is 1. The number of carbonyl (C=O) groups is 1. The molecule has 19 heavy (non-hydrogen) atoms. The molecule has 0 amide bonds. The van der Waals surface area contributed by atoms with Gasteiger partial charge >= 0.3 is 0 Å². The lowest BCUT2D eigenvalue weighted by Gasteiger charge is -2.06. The number of nitrogens with zero attached hydrogens (tertiary/aromatic N) is 1. The summed E-state index contributed by atoms with van der Waals surface area (Å²) in [5.41, 5.74) is 0.536. The van der Waals surface area contributed by atoms with Gasteiger partial charge in [-0.3, -0.25) is 9.59 Å². The molecule has 0 atom stereocenters. The molecule has 3 nitrogen and oxygen atoms in total. The van der Waals surface area contributed by atoms with E-state index in [1.54, 1.807) is 24.4 Å². The minimum atomic E-state index is -0.135. The highest BCUT2D eigenvalue weighted by Gasteiger charge is 2.08. The molecule has 0 unspecified atom stereocenters. The summed E-state index contributed by atoms with van der Waals surface area (Å²) in [6.45, 7) is 0.366. The summed E-state index contributed by atoms with van der Waals surface area (Å²) in [6.07, 6.45) is 1.98. The van der Waals surface area contributed by atoms with Crippen LogP contribution in [0.25, 0.3) is 0 Å². The normalized spacial score (nSPS) is 10.4. The number of Topliss-reactive ketones (excluding diaryl/α,β-unsaturated/α-hetero) is 1. The van der Waals surface area contributed by atoms with E-state index in [1.807, 2.05) is 18.2 Å². The van der Waals surface area contributed by atoms with Crippen LogP contribution in [0.5, 0.6) is 0 Å². The second-order valence-electron chi connectivity index (χ2n) is 4.04. The molecule has 0 radical (unpaired) electrons. The topological polar surface area (TPSA) is 39.1 Å². The fourth-order valence-corrected chi connectivity index (χ4v) is 2.98. The summed E-state index contributed by atoms with van der Waals surface area (Å²) in [6, 6.07) is 10.8. The van der Waals surface area contributed by atoms with Gasteiger partial charge in [0, 0.05) is 29.2 Å². The molecule has 0 aliphatic heterocycles. The van der Waals surface area contributed by atoms with Crippen molar-refractivity contribution >= 4 is 37.6 Å². The monoisotopic (exact) mass is 383 g/mol. The van der Waals surface area contributed by atoms with Crippen LogP contribution in [0, 0.1) is 0 Å². The molecule has 5 heteroatoms. The summed E-state index contributed by atoms with van der Waals surface area (Å²) in [5.74, 6) is 0.0311. The van der Waals surface area contributed by atoms with Crippen LogP contribution in [0.2, 0.25) is 0 Å². The van der Waals surface area contributed by atoms with E-state index < -0.39 is 0 Å². The summed E-state index contributed by atoms with van der Waals surface area (Å²) in [7, 11) is 0. The molecule has 1 aromatic heterocycles. The highest BCUT2D eigenvalue weighted by Crippen LogP contribution is 2.13. The molecule has 0 spiro atoms. The fourth-order valence-electron chi connectivity index (χ4n) is 1.72. The summed E-state index contributed by atoms with van der Waals surface area (Å²) < 4.78 is 2.80. The van der Waals surface area contributed by atoms with Crippen molar-refractivity contribution in [1.29, 1.82) is 0 Å². The number of halogens is 2. The zero-order valence-electron chi connectivity index (χ0n) is 9.98. The molecule has 0 aliphatic carbocycles. The number of aromatic nitrogens is 1. The molecular weight excluding hydrogens is 374 g/mol. The molecule has 0 aliphatic rings. The van der Waals surface area contributed by atoms with E-state index in [2.05, 4.69) is 31.9 Å². The van der Waals surface area contributed by atoms with Crippen LogP contribution in [-0.2, 0) is 6.54 Å². The van der Waals surface area contributed by atoms with Gasteiger partial charge in [0.05, 0.1) is 4.47 Å². The van der Waals surface area contributed by atoms with Gasteiger partial charge in [-0.1, -0.05) is 30.3 Å². The Kier molecular flexibility index (Phi) is 4.71. The van der Waals surface area contributed by atoms with Gasteiger partial charge in [-0.2, -0.15) is 0 Å². The van der Waals surface area contributed by atoms with Crippen LogP contribution in [0.15, 0.2) is 56.3 Å². The molecule has 2 rings (SSSR count). The van der Waals surface area contributed by atoms with E-state index in [0.717, 1.165) is 4.47 Å². The fraction of sp³-hybridized carbons (Fsp3) is 0.143. The summed E-state index contributed by atoms with van der Waals surface area (Å²) in [5, 5.41) is 0. The maximum Gasteiger partial charge on any atom is 0.264 e. The van der Waals surface area contributed by atoms with E-state index in [1.165, 1.54) is 4.57 Å². The zero-order chi connectivity index (χ0) is 13.8. The van der Waals surface area contributed by atoms with Gasteiger partial charge < -0.3 is 4.57 Å². The molecule has 0 bridgehead atoms. The standard InChI is InChI=1S/C14H11Br2NO2/c15-11-8-12(16)14(19)17(9-11)7-6-13(18)10-4-2-1-3-5-10/h1-5,8-9H,6-7H2. The summed E-state index contributed by atoms with van der Waals surface area (Å²) >= 11 is 6.52. The van der Waals surface area contributed by atoms with Crippen molar-refractivity contribution < 1.29 is 4.79 Å². The van der Waals surface area contributed by atoms with E-state index in [0.29, 0.717) is 23.0 Å². The Hall–Kier alpha value is -1.20. The van der Waals surface area contributed by atoms with Crippen molar-refractivity contribution in [2.24, 2.45) is 0 Å². The Morgan fingerprint density at radius 1 is 1.16 bits per heavy atom. The van der Waals surface area contributed by atoms with Crippen LogP contribution in [0.4, 0.5) is 0 Å². The zero-order valence-corrected chi connectivity index (χ0v) is 13.1. The first kappa shape index (κ1) is 14.2. The van der Waals surface area contributed by atoms with E-state index in [4.69, 9.17) is 0 Å². The molecule has 0 saturated heterocycles. The number of carbonyl (C=O) groups excluding carboxylic acids is 1. The summed E-state index contributed by atoms with van der Waals surface area (Å²) in [4.78, 5) is 23.8. The largest absolute Gasteiger partial charge is 0.313 e. The average molecular weight is 385 g/mol. The van der Waals surface area contributed by atoms with Gasteiger partial charge in [-0.25, -0.2) is 0 Å². The number of rotatable bonds is 4. The van der Waals surface area contributed by atoms with Crippen molar-refractivity contribution in [3.8, 4) is 0 Å². The van der Waals surface area contributed by atoms with E-state index in [9.17, 15) is 9.59 Å². The van der Waals surface area contributed by atoms with Gasteiger partial charge in [0.1, 0.15) is 0 Å². The van der Waals surface area contributed by atoms with Gasteiger partial charge in [0.2, 0.25) is 0 Å². The maximum absolute atomic E-state index is 12.0. The number of hydrogen-bond donors (Lipinski definition) is 0. The van der Waals surface area contributed by atoms with Gasteiger partial charge in [0.25, 0.3) is 5.56 Å². The highest BCUT2D eigenvalue weighted by molar-refractivity contribution is 9.11. The van der Waals surface area contributed by atoms with E-state index >= 15 is 0 Å². The second kappa shape index (κ2) is 6.30. The molecule has 0 N–H and O–H groups in total. The molecule has 2 aromatic rings. The van der Waals surface area contributed by atoms with Crippen LogP contribution < -0.4 is 5.56 Å². The van der Waals surface area contributed by atoms with Crippen molar-refractivity contribution in [3.05, 3.63) is 67.5 Å². The molecular formula is C14H11Br2NO2. The SMILES string of the molecule is O=C(CCn1cc(Br)cc(Br)c1=O)c1ccccc1. The Bertz CT molecular complexity index is 650. The van der Waals surface area contributed by atoms with Gasteiger partial charge in [0.15, 0.2) is 5.78 Å². The second-order valence-corrected chi connectivity index (χ2v) is 5.81. The number of ketones is 1. The first-order chi connectivity index (χ1) is 9.08. The third-order valence-corrected chi connectivity index (χ3v) is 3.69. The molecule has 0 fully saturated rings. The van der Waals surface area contributed by atoms with Crippen molar-refractivity contribution in [3.63, 3.8) is 0 Å². The average Bonchev–Trinajstić information content (AvgIpc) is 2.41. The van der Waals surface area contributed by atoms with Gasteiger partial charge in [-0.05, 0) is 37.9 Å². The Morgan fingerprint density at radius 2 is 1.84 bits per heavy atom. The minimum absolute atomic E-state index is 0.0311. The third-order valence-electron chi connectivity index (χ3n) is 2.68. The van der Waals surface area contributed by atoms with Crippen molar-refractivity contribution in [2.45, 2.75) is 13.0 Å². The third kappa shape index (κ3) is 3.64. The number of hydrogen-bond acceptors (Lipinski definition) is 2. The lowest BCUT2D eigenvalue weighted by atomic mass is 10.1. The molecule has 1 aromatic carbocycles. The Balaban J connectivity index is 2.12. The predicted octanol–water partition coefficient (Wildman–Crippen LogP) is 3.65. The smallest absolute Gasteiger partial charge is 0.264 e. The highest BCUT2D eigenvalue weighted by atomic mass is 79.9. The quantitative estimate of drug-likeness (QED) is 0.754. The first-order valence-electron chi connectivity index (χ1n) is 5.71. The van der Waals surface area contributed by atoms with Crippen molar-refractivity contribution in [1.82, 2.24) is 4.57 Å². The molecule has 1 heterocycles. The van der Waals surface area contributed by atoms with E-state index in [-0.39, 0.29) is 11.3 Å². The minimum Gasteiger partial charge on any atom is -0.313 e. The maximum atomic E-state index is 12.0. The van der Waals surface area contributed by atoms with Crippen LogP contribution in [0.3, 0.4) is 0 Å². The first-order valence-corrected chi connectivity index (χ1v) is 7.30. The van der Waals surface area contributed by atoms with Crippen molar-refractivity contribution in [2.75, 3.05) is 0 Å². The lowest BCUT2D eigenvalue weighted by molar-refractivity contribution is 0.0976. The lowest BCUT2D eigenvalue weighted by Crippen LogP contribution is -2.21. The Labute approximate surface area is 127 Å². The molecule has 0 saturated carbocycles.